The molecule has 0 aliphatic rings. The van der Waals surface area contributed by atoms with Crippen molar-refractivity contribution in [1.82, 2.24) is 9.97 Å². The Morgan fingerprint density at radius 2 is 1.85 bits per heavy atom. The molecule has 0 aliphatic carbocycles. The second kappa shape index (κ2) is 7.29. The van der Waals surface area contributed by atoms with E-state index in [0.717, 1.165) is 21.5 Å². The first-order chi connectivity index (χ1) is 13.1. The van der Waals surface area contributed by atoms with Gasteiger partial charge in [0.25, 0.3) is 5.91 Å². The van der Waals surface area contributed by atoms with Crippen LogP contribution in [0.25, 0.3) is 10.2 Å². The van der Waals surface area contributed by atoms with E-state index in [4.69, 9.17) is 4.98 Å². The SMILES string of the molecule is Cc1cccc(C(=O)N(Cc2ccccn2)c2nc3ccc(C)cc3s2)c1. The number of carbonyl (C=O) groups is 1. The van der Waals surface area contributed by atoms with Gasteiger partial charge in [0.15, 0.2) is 5.13 Å². The van der Waals surface area contributed by atoms with Crippen molar-refractivity contribution in [2.24, 2.45) is 0 Å². The van der Waals surface area contributed by atoms with Gasteiger partial charge in [-0.2, -0.15) is 0 Å². The fourth-order valence-electron chi connectivity index (χ4n) is 2.95. The summed E-state index contributed by atoms with van der Waals surface area (Å²) in [5.74, 6) is -0.0693. The van der Waals surface area contributed by atoms with Crippen molar-refractivity contribution < 1.29 is 4.79 Å². The number of fused-ring (bicyclic) bond motifs is 1. The van der Waals surface area contributed by atoms with Crippen LogP contribution in [-0.2, 0) is 6.54 Å². The molecule has 2 aromatic carbocycles. The van der Waals surface area contributed by atoms with E-state index < -0.39 is 0 Å². The molecule has 0 fully saturated rings. The number of carbonyl (C=O) groups excluding carboxylic acids is 1. The van der Waals surface area contributed by atoms with Gasteiger partial charge in [-0.15, -0.1) is 0 Å². The van der Waals surface area contributed by atoms with Gasteiger partial charge in [-0.05, 0) is 55.8 Å². The number of benzene rings is 2. The largest absolute Gasteiger partial charge is 0.278 e. The van der Waals surface area contributed by atoms with Crippen LogP contribution in [0.2, 0.25) is 0 Å². The van der Waals surface area contributed by atoms with Crippen LogP contribution < -0.4 is 4.90 Å². The van der Waals surface area contributed by atoms with Gasteiger partial charge in [0.1, 0.15) is 0 Å². The zero-order chi connectivity index (χ0) is 18.8. The molecule has 4 aromatic rings. The highest BCUT2D eigenvalue weighted by Crippen LogP contribution is 2.31. The third kappa shape index (κ3) is 3.73. The Bertz CT molecular complexity index is 1100. The third-order valence-electron chi connectivity index (χ3n) is 4.32. The maximum Gasteiger partial charge on any atom is 0.260 e. The number of aryl methyl sites for hydroxylation is 2. The standard InChI is InChI=1S/C22H19N3OS/c1-15-6-5-7-17(12-15)21(26)25(14-18-8-3-4-11-23-18)22-24-19-10-9-16(2)13-20(19)27-22/h3-13H,14H2,1-2H3. The monoisotopic (exact) mass is 373 g/mol. The number of aromatic nitrogens is 2. The lowest BCUT2D eigenvalue weighted by molar-refractivity contribution is 0.0984. The molecular weight excluding hydrogens is 354 g/mol. The Morgan fingerprint density at radius 1 is 1.00 bits per heavy atom. The highest BCUT2D eigenvalue weighted by Gasteiger charge is 2.22. The van der Waals surface area contributed by atoms with Gasteiger partial charge in [-0.1, -0.05) is 41.2 Å². The second-order valence-corrected chi connectivity index (χ2v) is 7.56. The predicted octanol–water partition coefficient (Wildman–Crippen LogP) is 5.16. The summed E-state index contributed by atoms with van der Waals surface area (Å²) in [6, 6.07) is 19.5. The minimum atomic E-state index is -0.0693. The number of nitrogens with zero attached hydrogens (tertiary/aromatic N) is 3. The molecule has 0 saturated heterocycles. The van der Waals surface area contributed by atoms with Gasteiger partial charge in [0, 0.05) is 11.8 Å². The van der Waals surface area contributed by atoms with Crippen LogP contribution in [0.4, 0.5) is 5.13 Å². The smallest absolute Gasteiger partial charge is 0.260 e. The van der Waals surface area contributed by atoms with Crippen LogP contribution in [0.3, 0.4) is 0 Å². The van der Waals surface area contributed by atoms with Gasteiger partial charge in [0.2, 0.25) is 0 Å². The lowest BCUT2D eigenvalue weighted by Gasteiger charge is -2.19. The van der Waals surface area contributed by atoms with Gasteiger partial charge >= 0.3 is 0 Å². The Kier molecular flexibility index (Phi) is 4.69. The molecule has 0 bridgehead atoms. The second-order valence-electron chi connectivity index (χ2n) is 6.55. The van der Waals surface area contributed by atoms with Crippen molar-refractivity contribution in [3.63, 3.8) is 0 Å². The fraction of sp³-hybridized carbons (Fsp3) is 0.136. The molecule has 0 spiro atoms. The van der Waals surface area contributed by atoms with E-state index in [0.29, 0.717) is 17.2 Å². The molecule has 27 heavy (non-hydrogen) atoms. The van der Waals surface area contributed by atoms with Crippen molar-refractivity contribution in [1.29, 1.82) is 0 Å². The molecule has 4 nitrogen and oxygen atoms in total. The summed E-state index contributed by atoms with van der Waals surface area (Å²) in [6.45, 7) is 4.43. The Balaban J connectivity index is 1.77. The molecule has 0 aliphatic heterocycles. The normalized spacial score (nSPS) is 10.9. The number of rotatable bonds is 4. The molecule has 0 N–H and O–H groups in total. The van der Waals surface area contributed by atoms with E-state index in [1.165, 1.54) is 16.9 Å². The molecule has 134 valence electrons. The van der Waals surface area contributed by atoms with Crippen molar-refractivity contribution in [2.45, 2.75) is 20.4 Å². The number of thiazole rings is 1. The van der Waals surface area contributed by atoms with Crippen molar-refractivity contribution in [3.05, 3.63) is 89.2 Å². The first-order valence-electron chi connectivity index (χ1n) is 8.76. The predicted molar refractivity (Wildman–Crippen MR) is 110 cm³/mol. The number of anilines is 1. The van der Waals surface area contributed by atoms with Crippen LogP contribution in [-0.4, -0.2) is 15.9 Å². The van der Waals surface area contributed by atoms with Crippen molar-refractivity contribution >= 4 is 32.6 Å². The Morgan fingerprint density at radius 3 is 2.63 bits per heavy atom. The summed E-state index contributed by atoms with van der Waals surface area (Å²) < 4.78 is 1.08. The highest BCUT2D eigenvalue weighted by molar-refractivity contribution is 7.22. The number of hydrogen-bond acceptors (Lipinski definition) is 4. The lowest BCUT2D eigenvalue weighted by atomic mass is 10.1. The molecule has 0 radical (unpaired) electrons. The number of amides is 1. The van der Waals surface area contributed by atoms with Gasteiger partial charge < -0.3 is 0 Å². The van der Waals surface area contributed by atoms with Crippen LogP contribution in [0.1, 0.15) is 27.2 Å². The first kappa shape index (κ1) is 17.4. The van der Waals surface area contributed by atoms with Gasteiger partial charge in [-0.3, -0.25) is 14.7 Å². The highest BCUT2D eigenvalue weighted by atomic mass is 32.1. The van der Waals surface area contributed by atoms with E-state index in [1.807, 2.05) is 61.5 Å². The maximum absolute atomic E-state index is 13.3. The molecule has 4 rings (SSSR count). The van der Waals surface area contributed by atoms with E-state index in [1.54, 1.807) is 11.1 Å². The average molecular weight is 373 g/mol. The summed E-state index contributed by atoms with van der Waals surface area (Å²) in [7, 11) is 0. The summed E-state index contributed by atoms with van der Waals surface area (Å²) in [5.41, 5.74) is 4.62. The third-order valence-corrected chi connectivity index (χ3v) is 5.36. The molecule has 2 heterocycles. The first-order valence-corrected chi connectivity index (χ1v) is 9.57. The Hall–Kier alpha value is -3.05. The average Bonchev–Trinajstić information content (AvgIpc) is 3.09. The molecule has 5 heteroatoms. The summed E-state index contributed by atoms with van der Waals surface area (Å²) in [4.78, 5) is 24.1. The van der Waals surface area contributed by atoms with Gasteiger partial charge in [-0.25, -0.2) is 4.98 Å². The van der Waals surface area contributed by atoms with Crippen molar-refractivity contribution in [3.8, 4) is 0 Å². The van der Waals surface area contributed by atoms with E-state index >= 15 is 0 Å². The van der Waals surface area contributed by atoms with E-state index in [9.17, 15) is 4.79 Å². The lowest BCUT2D eigenvalue weighted by Crippen LogP contribution is -2.30. The van der Waals surface area contributed by atoms with E-state index in [2.05, 4.69) is 18.0 Å². The quantitative estimate of drug-likeness (QED) is 0.497. The fourth-order valence-corrected chi connectivity index (χ4v) is 4.01. The van der Waals surface area contributed by atoms with Crippen LogP contribution in [0, 0.1) is 13.8 Å². The van der Waals surface area contributed by atoms with Crippen LogP contribution in [0.5, 0.6) is 0 Å². The minimum Gasteiger partial charge on any atom is -0.278 e. The molecule has 0 unspecified atom stereocenters. The van der Waals surface area contributed by atoms with Crippen LogP contribution >= 0.6 is 11.3 Å². The minimum absolute atomic E-state index is 0.0693. The number of hydrogen-bond donors (Lipinski definition) is 0. The molecule has 0 atom stereocenters. The molecule has 2 aromatic heterocycles. The summed E-state index contributed by atoms with van der Waals surface area (Å²) in [5, 5.41) is 0.688. The molecular formula is C22H19N3OS. The van der Waals surface area contributed by atoms with Crippen molar-refractivity contribution in [2.75, 3.05) is 4.90 Å². The van der Waals surface area contributed by atoms with Gasteiger partial charge in [0.05, 0.1) is 22.5 Å². The maximum atomic E-state index is 13.3. The van der Waals surface area contributed by atoms with Crippen LogP contribution in [0.15, 0.2) is 66.9 Å². The Labute approximate surface area is 162 Å². The molecule has 1 amide bonds. The number of pyridine rings is 1. The zero-order valence-electron chi connectivity index (χ0n) is 15.2. The zero-order valence-corrected chi connectivity index (χ0v) is 16.0. The van der Waals surface area contributed by atoms with E-state index in [-0.39, 0.29) is 5.91 Å². The summed E-state index contributed by atoms with van der Waals surface area (Å²) in [6.07, 6.45) is 1.74. The summed E-state index contributed by atoms with van der Waals surface area (Å²) >= 11 is 1.53. The molecule has 0 saturated carbocycles. The topological polar surface area (TPSA) is 46.1 Å².